The highest BCUT2D eigenvalue weighted by molar-refractivity contribution is 7.98. The van der Waals surface area contributed by atoms with Gasteiger partial charge in [-0.15, -0.1) is 0 Å². The molecule has 6 heteroatoms. The molecule has 1 rings (SSSR count). The number of nitrogens with one attached hydrogen (secondary N) is 1. The van der Waals surface area contributed by atoms with Crippen molar-refractivity contribution in [3.63, 3.8) is 0 Å². The van der Waals surface area contributed by atoms with E-state index in [1.165, 1.54) is 11.8 Å². The minimum absolute atomic E-state index is 0.259. The molecule has 2 N–H and O–H groups in total. The van der Waals surface area contributed by atoms with Crippen molar-refractivity contribution in [1.29, 1.82) is 0 Å². The largest absolute Gasteiger partial charge is 0.480 e. The summed E-state index contributed by atoms with van der Waals surface area (Å²) in [7, 11) is 0. The van der Waals surface area contributed by atoms with Crippen molar-refractivity contribution in [2.75, 3.05) is 17.8 Å². The van der Waals surface area contributed by atoms with Crippen LogP contribution in [0.4, 0.5) is 0 Å². The van der Waals surface area contributed by atoms with E-state index in [0.29, 0.717) is 17.9 Å². The molecule has 1 amide bonds. The van der Waals surface area contributed by atoms with E-state index in [1.807, 2.05) is 36.6 Å². The van der Waals surface area contributed by atoms with Gasteiger partial charge in [0, 0.05) is 11.5 Å². The van der Waals surface area contributed by atoms with Crippen molar-refractivity contribution in [2.45, 2.75) is 12.5 Å². The number of rotatable bonds is 8. The summed E-state index contributed by atoms with van der Waals surface area (Å²) >= 11 is 5.59. The lowest BCUT2D eigenvalue weighted by molar-refractivity contribution is -0.141. The molecule has 1 aromatic carbocycles. The van der Waals surface area contributed by atoms with Crippen LogP contribution < -0.4 is 5.32 Å². The second kappa shape index (κ2) is 8.92. The number of carbonyl (C=O) groups excluding carboxylic acids is 1. The van der Waals surface area contributed by atoms with Crippen LogP contribution in [0.5, 0.6) is 0 Å². The minimum atomic E-state index is -1.01. The average Bonchev–Trinajstić information content (AvgIpc) is 2.45. The quantitative estimate of drug-likeness (QED) is 0.639. The molecule has 20 heavy (non-hydrogen) atoms. The molecular weight excluding hydrogens is 294 g/mol. The van der Waals surface area contributed by atoms with Gasteiger partial charge < -0.3 is 10.4 Å². The fourth-order valence-electron chi connectivity index (χ4n) is 1.77. The molecule has 0 aliphatic carbocycles. The lowest BCUT2D eigenvalue weighted by atomic mass is 10.00. The molecule has 0 heterocycles. The number of amides is 1. The molecule has 0 aliphatic rings. The molecule has 0 radical (unpaired) electrons. The second-order valence-electron chi connectivity index (χ2n) is 4.42. The zero-order valence-electron chi connectivity index (χ0n) is 11.3. The third kappa shape index (κ3) is 5.46. The first kappa shape index (κ1) is 16.9. The Morgan fingerprint density at radius 3 is 2.50 bits per heavy atom. The Hall–Kier alpha value is -1.14. The van der Waals surface area contributed by atoms with E-state index in [1.54, 1.807) is 0 Å². The van der Waals surface area contributed by atoms with Crippen molar-refractivity contribution < 1.29 is 14.7 Å². The topological polar surface area (TPSA) is 66.4 Å². The van der Waals surface area contributed by atoms with Crippen LogP contribution in [0.2, 0.25) is 0 Å². The molecule has 0 aromatic heterocycles. The Morgan fingerprint density at radius 2 is 2.00 bits per heavy atom. The summed E-state index contributed by atoms with van der Waals surface area (Å²) in [5, 5.41) is 11.6. The van der Waals surface area contributed by atoms with Gasteiger partial charge in [0.05, 0.1) is 5.92 Å². The highest BCUT2D eigenvalue weighted by Gasteiger charge is 2.24. The number of carboxylic acid groups (broad SMARTS) is 1. The van der Waals surface area contributed by atoms with Crippen LogP contribution in [0.3, 0.4) is 0 Å². The Morgan fingerprint density at radius 1 is 1.35 bits per heavy atom. The van der Waals surface area contributed by atoms with Crippen molar-refractivity contribution in [1.82, 2.24) is 5.32 Å². The molecular formula is C14H19NO3S2. The van der Waals surface area contributed by atoms with Crippen molar-refractivity contribution >= 4 is 36.3 Å². The lowest BCUT2D eigenvalue weighted by Crippen LogP contribution is -2.46. The summed E-state index contributed by atoms with van der Waals surface area (Å²) in [6.07, 6.45) is 2.37. The fourth-order valence-corrected chi connectivity index (χ4v) is 2.62. The third-order valence-electron chi connectivity index (χ3n) is 2.86. The van der Waals surface area contributed by atoms with Gasteiger partial charge in [-0.1, -0.05) is 30.3 Å². The average molecular weight is 313 g/mol. The Kier molecular flexibility index (Phi) is 7.54. The highest BCUT2D eigenvalue weighted by Crippen LogP contribution is 2.11. The molecule has 0 bridgehead atoms. The van der Waals surface area contributed by atoms with Crippen molar-refractivity contribution in [3.8, 4) is 0 Å². The number of aliphatic carboxylic acids is 1. The maximum atomic E-state index is 12.1. The fraction of sp³-hybridized carbons (Fsp3) is 0.429. The maximum Gasteiger partial charge on any atom is 0.327 e. The predicted octanol–water partition coefficient (Wildman–Crippen LogP) is 1.71. The van der Waals surface area contributed by atoms with Crippen LogP contribution in [-0.2, 0) is 16.0 Å². The van der Waals surface area contributed by atoms with Gasteiger partial charge >= 0.3 is 5.97 Å². The number of thiol groups is 1. The van der Waals surface area contributed by atoms with E-state index >= 15 is 0 Å². The van der Waals surface area contributed by atoms with Crippen LogP contribution in [0.25, 0.3) is 0 Å². The van der Waals surface area contributed by atoms with Crippen LogP contribution in [-0.4, -0.2) is 40.8 Å². The predicted molar refractivity (Wildman–Crippen MR) is 85.4 cm³/mol. The van der Waals surface area contributed by atoms with Crippen molar-refractivity contribution in [3.05, 3.63) is 35.9 Å². The molecule has 0 saturated heterocycles. The maximum absolute atomic E-state index is 12.1. The summed E-state index contributed by atoms with van der Waals surface area (Å²) in [4.78, 5) is 23.2. The van der Waals surface area contributed by atoms with E-state index in [-0.39, 0.29) is 11.8 Å². The lowest BCUT2D eigenvalue weighted by Gasteiger charge is -2.18. The first-order valence-electron chi connectivity index (χ1n) is 6.25. The van der Waals surface area contributed by atoms with Crippen LogP contribution in [0.15, 0.2) is 30.3 Å². The molecule has 1 aromatic rings. The molecule has 110 valence electrons. The van der Waals surface area contributed by atoms with Crippen molar-refractivity contribution in [2.24, 2.45) is 5.92 Å². The third-order valence-corrected chi connectivity index (χ3v) is 3.97. The normalized spacial score (nSPS) is 13.5. The molecule has 0 aliphatic heterocycles. The Labute approximate surface area is 128 Å². The number of hydrogen-bond donors (Lipinski definition) is 3. The number of carboxylic acids is 1. The molecule has 4 nitrogen and oxygen atoms in total. The molecule has 0 saturated carbocycles. The first-order chi connectivity index (χ1) is 9.58. The highest BCUT2D eigenvalue weighted by atomic mass is 32.2. The standard InChI is InChI=1S/C14H19NO3S2/c1-20-9-12(14(17)18)15-13(16)11(8-19)7-10-5-3-2-4-6-10/h2-6,11-12,19H,7-9H2,1H3,(H,15,16)(H,17,18)/t11?,12-/m0/s1. The summed E-state index contributed by atoms with van der Waals surface area (Å²) in [6.45, 7) is 0. The van der Waals surface area contributed by atoms with Crippen LogP contribution >= 0.6 is 24.4 Å². The van der Waals surface area contributed by atoms with Crippen LogP contribution in [0, 0.1) is 5.92 Å². The van der Waals surface area contributed by atoms with Gasteiger partial charge in [0.2, 0.25) is 5.91 Å². The summed E-state index contributed by atoms with van der Waals surface area (Å²) in [5.74, 6) is -0.863. The summed E-state index contributed by atoms with van der Waals surface area (Å²) in [6, 6.07) is 8.78. The molecule has 0 fully saturated rings. The molecule has 0 spiro atoms. The van der Waals surface area contributed by atoms with Gasteiger partial charge in [-0.2, -0.15) is 24.4 Å². The van der Waals surface area contributed by atoms with E-state index in [2.05, 4.69) is 17.9 Å². The number of hydrogen-bond acceptors (Lipinski definition) is 4. The van der Waals surface area contributed by atoms with Crippen LogP contribution in [0.1, 0.15) is 5.56 Å². The number of thioether (sulfide) groups is 1. The second-order valence-corrected chi connectivity index (χ2v) is 5.70. The Bertz CT molecular complexity index is 439. The number of benzene rings is 1. The van der Waals surface area contributed by atoms with Gasteiger partial charge in [-0.3, -0.25) is 4.79 Å². The first-order valence-corrected chi connectivity index (χ1v) is 8.28. The summed E-state index contributed by atoms with van der Waals surface area (Å²) in [5.41, 5.74) is 1.04. The smallest absolute Gasteiger partial charge is 0.327 e. The SMILES string of the molecule is CSC[C@H](NC(=O)C(CS)Cc1ccccc1)C(=O)O. The van der Waals surface area contributed by atoms with Gasteiger partial charge in [0.1, 0.15) is 6.04 Å². The monoisotopic (exact) mass is 313 g/mol. The van der Waals surface area contributed by atoms with E-state index in [9.17, 15) is 9.59 Å². The summed E-state index contributed by atoms with van der Waals surface area (Å²) < 4.78 is 0. The Balaban J connectivity index is 2.64. The van der Waals surface area contributed by atoms with E-state index in [4.69, 9.17) is 5.11 Å². The minimum Gasteiger partial charge on any atom is -0.480 e. The van der Waals surface area contributed by atoms with Gasteiger partial charge in [0.25, 0.3) is 0 Å². The van der Waals surface area contributed by atoms with E-state index in [0.717, 1.165) is 5.56 Å². The molecule has 2 atom stereocenters. The van der Waals surface area contributed by atoms with Gasteiger partial charge in [-0.25, -0.2) is 4.79 Å². The van der Waals surface area contributed by atoms with E-state index < -0.39 is 12.0 Å². The van der Waals surface area contributed by atoms with Gasteiger partial charge in [-0.05, 0) is 18.2 Å². The van der Waals surface area contributed by atoms with Gasteiger partial charge in [0.15, 0.2) is 0 Å². The zero-order chi connectivity index (χ0) is 15.0. The molecule has 1 unspecified atom stereocenters. The zero-order valence-corrected chi connectivity index (χ0v) is 13.0. The number of carbonyl (C=O) groups is 2.